The third-order valence-electron chi connectivity index (χ3n) is 3.49. The van der Waals surface area contributed by atoms with Crippen molar-refractivity contribution in [2.75, 3.05) is 24.3 Å². The van der Waals surface area contributed by atoms with Crippen molar-refractivity contribution in [3.05, 3.63) is 27.2 Å². The second kappa shape index (κ2) is 5.93. The smallest absolute Gasteiger partial charge is 0.161 e. The third kappa shape index (κ3) is 3.04. The second-order valence-corrected chi connectivity index (χ2v) is 7.10. The average Bonchev–Trinajstić information content (AvgIpc) is 2.79. The number of thioether (sulfide) groups is 1. The van der Waals surface area contributed by atoms with Gasteiger partial charge in [0.15, 0.2) is 5.17 Å². The number of benzene rings is 1. The SMILES string of the molecule is Clc1cc(Cl)c(NC2=NC3(CCOCC3)CS2)cc1Cl. The first kappa shape index (κ1) is 14.8. The number of anilines is 1. The van der Waals surface area contributed by atoms with E-state index in [9.17, 15) is 0 Å². The molecule has 1 aromatic rings. The predicted octanol–water partition coefficient (Wildman–Crippen LogP) is 4.71. The van der Waals surface area contributed by atoms with Gasteiger partial charge in [-0.25, -0.2) is 0 Å². The molecule has 2 aliphatic heterocycles. The molecule has 7 heteroatoms. The summed E-state index contributed by atoms with van der Waals surface area (Å²) in [5.41, 5.74) is 0.755. The van der Waals surface area contributed by atoms with Gasteiger partial charge in [0.2, 0.25) is 0 Å². The highest BCUT2D eigenvalue weighted by atomic mass is 35.5. The van der Waals surface area contributed by atoms with Gasteiger partial charge in [-0.1, -0.05) is 46.6 Å². The minimum Gasteiger partial charge on any atom is -0.381 e. The van der Waals surface area contributed by atoms with Gasteiger partial charge in [0.25, 0.3) is 0 Å². The minimum absolute atomic E-state index is 0.0218. The molecule has 2 aliphatic rings. The van der Waals surface area contributed by atoms with Gasteiger partial charge >= 0.3 is 0 Å². The zero-order chi connectivity index (χ0) is 14.2. The van der Waals surface area contributed by atoms with Crippen LogP contribution in [-0.2, 0) is 4.74 Å². The van der Waals surface area contributed by atoms with E-state index in [4.69, 9.17) is 44.5 Å². The number of rotatable bonds is 1. The Labute approximate surface area is 137 Å². The number of amidine groups is 1. The molecule has 0 aliphatic carbocycles. The standard InChI is InChI=1S/C13H13Cl3N2OS/c14-8-5-10(16)11(6-9(8)15)17-12-18-13(7-20-12)1-3-19-4-2-13/h5-6H,1-4,7H2,(H,17,18). The van der Waals surface area contributed by atoms with Crippen molar-refractivity contribution in [2.45, 2.75) is 18.4 Å². The van der Waals surface area contributed by atoms with E-state index in [0.717, 1.165) is 42.7 Å². The Morgan fingerprint density at radius 2 is 1.80 bits per heavy atom. The van der Waals surface area contributed by atoms with E-state index in [2.05, 4.69) is 5.32 Å². The Hall–Kier alpha value is -0.130. The van der Waals surface area contributed by atoms with Gasteiger partial charge in [-0.3, -0.25) is 4.99 Å². The van der Waals surface area contributed by atoms with Crippen LogP contribution in [0.4, 0.5) is 5.69 Å². The van der Waals surface area contributed by atoms with Crippen LogP contribution in [0.15, 0.2) is 17.1 Å². The van der Waals surface area contributed by atoms with Crippen molar-refractivity contribution < 1.29 is 4.74 Å². The quantitative estimate of drug-likeness (QED) is 0.744. The minimum atomic E-state index is 0.0218. The van der Waals surface area contributed by atoms with E-state index >= 15 is 0 Å². The van der Waals surface area contributed by atoms with Crippen molar-refractivity contribution in [3.63, 3.8) is 0 Å². The molecule has 3 nitrogen and oxygen atoms in total. The summed E-state index contributed by atoms with van der Waals surface area (Å²) in [5, 5.41) is 5.59. The maximum Gasteiger partial charge on any atom is 0.161 e. The van der Waals surface area contributed by atoms with Crippen molar-refractivity contribution in [1.82, 2.24) is 0 Å². The number of aliphatic imine (C=N–C) groups is 1. The number of halogens is 3. The van der Waals surface area contributed by atoms with Crippen LogP contribution in [0.5, 0.6) is 0 Å². The Kier molecular flexibility index (Phi) is 4.39. The highest BCUT2D eigenvalue weighted by Crippen LogP contribution is 2.38. The van der Waals surface area contributed by atoms with Gasteiger partial charge in [-0.2, -0.15) is 0 Å². The van der Waals surface area contributed by atoms with Crippen molar-refractivity contribution in [3.8, 4) is 0 Å². The zero-order valence-corrected chi connectivity index (χ0v) is 13.7. The molecule has 0 atom stereocenters. The average molecular weight is 352 g/mol. The van der Waals surface area contributed by atoms with Crippen LogP contribution in [0.25, 0.3) is 0 Å². The monoisotopic (exact) mass is 350 g/mol. The summed E-state index contributed by atoms with van der Waals surface area (Å²) in [6.07, 6.45) is 1.95. The molecule has 108 valence electrons. The van der Waals surface area contributed by atoms with Crippen LogP contribution in [0.2, 0.25) is 15.1 Å². The third-order valence-corrected chi connectivity index (χ3v) is 5.67. The number of hydrogen-bond acceptors (Lipinski definition) is 4. The lowest BCUT2D eigenvalue weighted by molar-refractivity contribution is 0.0624. The van der Waals surface area contributed by atoms with Gasteiger partial charge in [0.1, 0.15) is 0 Å². The molecule has 0 amide bonds. The lowest BCUT2D eigenvalue weighted by Gasteiger charge is -2.29. The molecule has 3 rings (SSSR count). The van der Waals surface area contributed by atoms with Crippen molar-refractivity contribution in [1.29, 1.82) is 0 Å². The first-order valence-electron chi connectivity index (χ1n) is 6.30. The summed E-state index contributed by atoms with van der Waals surface area (Å²) in [6.45, 7) is 1.57. The van der Waals surface area contributed by atoms with Crippen LogP contribution in [0.1, 0.15) is 12.8 Å². The molecule has 1 N–H and O–H groups in total. The van der Waals surface area contributed by atoms with Crippen LogP contribution in [0, 0.1) is 0 Å². The normalized spacial score (nSPS) is 21.1. The molecule has 0 saturated carbocycles. The summed E-state index contributed by atoms with van der Waals surface area (Å²) in [4.78, 5) is 4.82. The number of nitrogens with zero attached hydrogens (tertiary/aromatic N) is 1. The van der Waals surface area contributed by atoms with E-state index in [1.54, 1.807) is 23.9 Å². The Morgan fingerprint density at radius 1 is 1.10 bits per heavy atom. The molecular weight excluding hydrogens is 339 g/mol. The molecule has 1 saturated heterocycles. The summed E-state index contributed by atoms with van der Waals surface area (Å²) >= 11 is 19.8. The molecule has 1 spiro atoms. The van der Waals surface area contributed by atoms with E-state index in [1.165, 1.54) is 0 Å². The summed E-state index contributed by atoms with van der Waals surface area (Å²) in [6, 6.07) is 3.36. The lowest BCUT2D eigenvalue weighted by atomic mass is 9.93. The second-order valence-electron chi connectivity index (χ2n) is 4.91. The van der Waals surface area contributed by atoms with E-state index < -0.39 is 0 Å². The fourth-order valence-corrected chi connectivity index (χ4v) is 4.08. The molecule has 0 aromatic heterocycles. The number of nitrogens with one attached hydrogen (secondary N) is 1. The number of ether oxygens (including phenoxy) is 1. The van der Waals surface area contributed by atoms with Crippen LogP contribution >= 0.6 is 46.6 Å². The van der Waals surface area contributed by atoms with Gasteiger partial charge in [-0.15, -0.1) is 0 Å². The number of hydrogen-bond donors (Lipinski definition) is 1. The topological polar surface area (TPSA) is 33.6 Å². The van der Waals surface area contributed by atoms with E-state index in [0.29, 0.717) is 15.1 Å². The van der Waals surface area contributed by atoms with Gasteiger partial charge in [0, 0.05) is 19.0 Å². The highest BCUT2D eigenvalue weighted by Gasteiger charge is 2.37. The molecule has 1 fully saturated rings. The molecule has 0 unspecified atom stereocenters. The fraction of sp³-hybridized carbons (Fsp3) is 0.462. The van der Waals surface area contributed by atoms with Gasteiger partial charge in [0.05, 0.1) is 26.3 Å². The largest absolute Gasteiger partial charge is 0.381 e. The Balaban J connectivity index is 1.78. The summed E-state index contributed by atoms with van der Waals surface area (Å²) < 4.78 is 5.41. The first-order valence-corrected chi connectivity index (χ1v) is 8.42. The van der Waals surface area contributed by atoms with Crippen molar-refractivity contribution in [2.24, 2.45) is 4.99 Å². The molecular formula is C13H13Cl3N2OS. The maximum atomic E-state index is 6.17. The Bertz CT molecular complexity index is 559. The molecule has 0 bridgehead atoms. The van der Waals surface area contributed by atoms with Crippen LogP contribution in [0.3, 0.4) is 0 Å². The maximum absolute atomic E-state index is 6.17. The summed E-state index contributed by atoms with van der Waals surface area (Å²) in [5.74, 6) is 0.984. The van der Waals surface area contributed by atoms with E-state index in [1.807, 2.05) is 0 Å². The summed E-state index contributed by atoms with van der Waals surface area (Å²) in [7, 11) is 0. The molecule has 2 heterocycles. The predicted molar refractivity (Wildman–Crippen MR) is 87.8 cm³/mol. The van der Waals surface area contributed by atoms with Crippen LogP contribution in [-0.4, -0.2) is 29.7 Å². The van der Waals surface area contributed by atoms with Gasteiger partial charge in [-0.05, 0) is 25.0 Å². The first-order chi connectivity index (χ1) is 9.58. The molecule has 1 aromatic carbocycles. The fourth-order valence-electron chi connectivity index (χ4n) is 2.29. The van der Waals surface area contributed by atoms with Crippen LogP contribution < -0.4 is 5.32 Å². The van der Waals surface area contributed by atoms with E-state index in [-0.39, 0.29) is 5.54 Å². The Morgan fingerprint density at radius 3 is 2.55 bits per heavy atom. The lowest BCUT2D eigenvalue weighted by Crippen LogP contribution is -2.34. The van der Waals surface area contributed by atoms with Crippen molar-refractivity contribution >= 4 is 57.4 Å². The molecule has 20 heavy (non-hydrogen) atoms. The zero-order valence-electron chi connectivity index (χ0n) is 10.6. The van der Waals surface area contributed by atoms with Gasteiger partial charge < -0.3 is 10.1 Å². The molecule has 0 radical (unpaired) electrons. The highest BCUT2D eigenvalue weighted by molar-refractivity contribution is 8.14.